The summed E-state index contributed by atoms with van der Waals surface area (Å²) < 4.78 is 40.3. The van der Waals surface area contributed by atoms with Crippen LogP contribution in [-0.2, 0) is 12.7 Å². The molecule has 1 aromatic carbocycles. The minimum atomic E-state index is -4.56. The van der Waals surface area contributed by atoms with Gasteiger partial charge in [-0.3, -0.25) is 4.98 Å². The Hall–Kier alpha value is -2.48. The molecular weight excluding hydrogens is 397 g/mol. The fourth-order valence-corrected chi connectivity index (χ4v) is 2.37. The Morgan fingerprint density at radius 1 is 0.960 bits per heavy atom. The first-order chi connectivity index (χ1) is 11.9. The maximum atomic E-state index is 13.1. The first-order valence-electron chi connectivity index (χ1n) is 7.27. The molecule has 0 aliphatic rings. The number of hydrogen-bond donors (Lipinski definition) is 1. The molecule has 2 heterocycles. The van der Waals surface area contributed by atoms with Gasteiger partial charge in [0, 0.05) is 35.0 Å². The van der Waals surface area contributed by atoms with Crippen LogP contribution in [0.15, 0.2) is 59.3 Å². The van der Waals surface area contributed by atoms with Crippen LogP contribution in [0.2, 0.25) is 0 Å². The average molecular weight is 409 g/mol. The standard InChI is InChI=1S/C17H12BrF3N4/c18-13-3-1-11(2-4-13)10-23-15-9-14(17(19,20)21)24-16(25-15)12-5-7-22-8-6-12/h1-9H,10H2,(H,23,24,25). The zero-order valence-electron chi connectivity index (χ0n) is 12.8. The van der Waals surface area contributed by atoms with Crippen LogP contribution >= 0.6 is 15.9 Å². The molecule has 0 atom stereocenters. The Balaban J connectivity index is 1.91. The number of benzene rings is 1. The van der Waals surface area contributed by atoms with Crippen molar-refractivity contribution in [1.82, 2.24) is 15.0 Å². The highest BCUT2D eigenvalue weighted by Gasteiger charge is 2.33. The highest BCUT2D eigenvalue weighted by molar-refractivity contribution is 9.10. The molecule has 3 rings (SSSR count). The van der Waals surface area contributed by atoms with E-state index in [1.807, 2.05) is 24.3 Å². The average Bonchev–Trinajstić information content (AvgIpc) is 2.61. The topological polar surface area (TPSA) is 50.7 Å². The number of aromatic nitrogens is 3. The molecule has 25 heavy (non-hydrogen) atoms. The van der Waals surface area contributed by atoms with Gasteiger partial charge in [-0.15, -0.1) is 0 Å². The third-order valence-electron chi connectivity index (χ3n) is 3.34. The largest absolute Gasteiger partial charge is 0.433 e. The Morgan fingerprint density at radius 3 is 2.28 bits per heavy atom. The van der Waals surface area contributed by atoms with Gasteiger partial charge in [-0.2, -0.15) is 13.2 Å². The Labute approximate surface area is 150 Å². The van der Waals surface area contributed by atoms with Gasteiger partial charge >= 0.3 is 6.18 Å². The zero-order chi connectivity index (χ0) is 17.9. The second-order valence-corrected chi connectivity index (χ2v) is 6.09. The van der Waals surface area contributed by atoms with Gasteiger partial charge < -0.3 is 5.32 Å². The molecule has 1 N–H and O–H groups in total. The second-order valence-electron chi connectivity index (χ2n) is 5.18. The third-order valence-corrected chi connectivity index (χ3v) is 3.87. The summed E-state index contributed by atoms with van der Waals surface area (Å²) in [7, 11) is 0. The van der Waals surface area contributed by atoms with Crippen molar-refractivity contribution in [2.45, 2.75) is 12.7 Å². The summed E-state index contributed by atoms with van der Waals surface area (Å²) in [4.78, 5) is 11.7. The van der Waals surface area contributed by atoms with Gasteiger partial charge in [0.1, 0.15) is 5.82 Å². The molecule has 0 bridgehead atoms. The van der Waals surface area contributed by atoms with E-state index in [1.165, 1.54) is 12.4 Å². The van der Waals surface area contributed by atoms with E-state index in [-0.39, 0.29) is 11.6 Å². The predicted molar refractivity (Wildman–Crippen MR) is 91.7 cm³/mol. The van der Waals surface area contributed by atoms with E-state index in [0.29, 0.717) is 12.1 Å². The van der Waals surface area contributed by atoms with Gasteiger partial charge in [0.25, 0.3) is 0 Å². The lowest BCUT2D eigenvalue weighted by atomic mass is 10.2. The first kappa shape index (κ1) is 17.3. The number of rotatable bonds is 4. The lowest BCUT2D eigenvalue weighted by Crippen LogP contribution is -2.12. The number of anilines is 1. The van der Waals surface area contributed by atoms with Gasteiger partial charge in [-0.05, 0) is 29.8 Å². The van der Waals surface area contributed by atoms with Crippen LogP contribution in [0.3, 0.4) is 0 Å². The molecule has 0 fully saturated rings. The number of pyridine rings is 1. The van der Waals surface area contributed by atoms with Crippen molar-refractivity contribution in [2.24, 2.45) is 0 Å². The van der Waals surface area contributed by atoms with Crippen molar-refractivity contribution in [3.63, 3.8) is 0 Å². The van der Waals surface area contributed by atoms with Crippen LogP contribution in [0.25, 0.3) is 11.4 Å². The summed E-state index contributed by atoms with van der Waals surface area (Å²) in [6.07, 6.45) is -1.60. The molecular formula is C17H12BrF3N4. The van der Waals surface area contributed by atoms with Crippen molar-refractivity contribution in [1.29, 1.82) is 0 Å². The second kappa shape index (κ2) is 7.18. The summed E-state index contributed by atoms with van der Waals surface area (Å²) in [6, 6.07) is 11.5. The molecule has 0 aliphatic heterocycles. The fraction of sp³-hybridized carbons (Fsp3) is 0.118. The van der Waals surface area contributed by atoms with Crippen LogP contribution in [0.5, 0.6) is 0 Å². The number of nitrogens with zero attached hydrogens (tertiary/aromatic N) is 3. The van der Waals surface area contributed by atoms with Gasteiger partial charge in [0.2, 0.25) is 0 Å². The molecule has 0 unspecified atom stereocenters. The number of halogens is 4. The van der Waals surface area contributed by atoms with Crippen molar-refractivity contribution >= 4 is 21.7 Å². The van der Waals surface area contributed by atoms with Gasteiger partial charge in [0.05, 0.1) is 0 Å². The summed E-state index contributed by atoms with van der Waals surface area (Å²) >= 11 is 3.34. The van der Waals surface area contributed by atoms with E-state index in [1.54, 1.807) is 12.1 Å². The molecule has 8 heteroatoms. The van der Waals surface area contributed by atoms with E-state index >= 15 is 0 Å². The lowest BCUT2D eigenvalue weighted by molar-refractivity contribution is -0.141. The van der Waals surface area contributed by atoms with E-state index in [4.69, 9.17) is 0 Å². The number of hydrogen-bond acceptors (Lipinski definition) is 4. The van der Waals surface area contributed by atoms with E-state index in [2.05, 4.69) is 36.2 Å². The van der Waals surface area contributed by atoms with Crippen molar-refractivity contribution in [2.75, 3.05) is 5.32 Å². The maximum Gasteiger partial charge on any atom is 0.433 e. The Morgan fingerprint density at radius 2 is 1.64 bits per heavy atom. The maximum absolute atomic E-state index is 13.1. The minimum Gasteiger partial charge on any atom is -0.366 e. The van der Waals surface area contributed by atoms with Gasteiger partial charge in [-0.1, -0.05) is 28.1 Å². The first-order valence-corrected chi connectivity index (χ1v) is 8.06. The molecule has 3 aromatic rings. The summed E-state index contributed by atoms with van der Waals surface area (Å²) in [5.41, 5.74) is 0.390. The number of nitrogens with one attached hydrogen (secondary N) is 1. The SMILES string of the molecule is FC(F)(F)c1cc(NCc2ccc(Br)cc2)nc(-c2ccncc2)n1. The summed E-state index contributed by atoms with van der Waals surface area (Å²) in [5.74, 6) is 0.104. The zero-order valence-corrected chi connectivity index (χ0v) is 14.3. The van der Waals surface area contributed by atoms with Crippen LogP contribution in [-0.4, -0.2) is 15.0 Å². The molecule has 0 saturated heterocycles. The monoisotopic (exact) mass is 408 g/mol. The van der Waals surface area contributed by atoms with Crippen LogP contribution in [0.1, 0.15) is 11.3 Å². The Bertz CT molecular complexity index is 852. The molecule has 128 valence electrons. The van der Waals surface area contributed by atoms with Crippen LogP contribution in [0.4, 0.5) is 19.0 Å². The van der Waals surface area contributed by atoms with Crippen LogP contribution in [0, 0.1) is 0 Å². The number of alkyl halides is 3. The third kappa shape index (κ3) is 4.54. The van der Waals surface area contributed by atoms with E-state index in [0.717, 1.165) is 16.1 Å². The van der Waals surface area contributed by atoms with E-state index < -0.39 is 11.9 Å². The normalized spacial score (nSPS) is 11.4. The quantitative estimate of drug-likeness (QED) is 0.664. The smallest absolute Gasteiger partial charge is 0.366 e. The summed E-state index contributed by atoms with van der Waals surface area (Å²) in [5, 5.41) is 2.92. The molecule has 0 aliphatic carbocycles. The lowest BCUT2D eigenvalue weighted by Gasteiger charge is -2.12. The highest BCUT2D eigenvalue weighted by Crippen LogP contribution is 2.30. The highest BCUT2D eigenvalue weighted by atomic mass is 79.9. The molecule has 0 amide bonds. The molecule has 0 spiro atoms. The Kier molecular flexibility index (Phi) is 4.98. The van der Waals surface area contributed by atoms with Crippen molar-refractivity contribution < 1.29 is 13.2 Å². The molecule has 4 nitrogen and oxygen atoms in total. The molecule has 0 radical (unpaired) electrons. The van der Waals surface area contributed by atoms with E-state index in [9.17, 15) is 13.2 Å². The van der Waals surface area contributed by atoms with Gasteiger partial charge in [0.15, 0.2) is 11.5 Å². The summed E-state index contributed by atoms with van der Waals surface area (Å²) in [6.45, 7) is 0.345. The molecule has 2 aromatic heterocycles. The van der Waals surface area contributed by atoms with Crippen LogP contribution < -0.4 is 5.32 Å². The predicted octanol–water partition coefficient (Wildman–Crippen LogP) is 4.93. The van der Waals surface area contributed by atoms with Gasteiger partial charge in [-0.25, -0.2) is 9.97 Å². The van der Waals surface area contributed by atoms with Crippen molar-refractivity contribution in [3.8, 4) is 11.4 Å². The van der Waals surface area contributed by atoms with Crippen molar-refractivity contribution in [3.05, 3.63) is 70.6 Å². The fourth-order valence-electron chi connectivity index (χ4n) is 2.11. The molecule has 0 saturated carbocycles. The minimum absolute atomic E-state index is 0.00414.